The van der Waals surface area contributed by atoms with E-state index in [9.17, 15) is 4.79 Å². The fourth-order valence-electron chi connectivity index (χ4n) is 0.536. The molecule has 1 unspecified atom stereocenters. The molecule has 0 aromatic heterocycles. The van der Waals surface area contributed by atoms with Gasteiger partial charge in [0.2, 0.25) is 0 Å². The van der Waals surface area contributed by atoms with Gasteiger partial charge in [-0.2, -0.15) is 0 Å². The van der Waals surface area contributed by atoms with Crippen molar-refractivity contribution in [1.82, 2.24) is 5.32 Å². The van der Waals surface area contributed by atoms with E-state index >= 15 is 0 Å². The topological polar surface area (TPSA) is 58.6 Å². The number of aliphatic hydroxyl groups is 1. The van der Waals surface area contributed by atoms with Gasteiger partial charge in [0.25, 0.3) is 5.91 Å². The smallest absolute Gasteiger partial charge is 0.251 e. The van der Waals surface area contributed by atoms with Crippen LogP contribution in [0.3, 0.4) is 0 Å². The van der Waals surface area contributed by atoms with Crippen LogP contribution in [-0.4, -0.2) is 36.4 Å². The molecule has 0 radical (unpaired) electrons. The van der Waals surface area contributed by atoms with Crippen LogP contribution in [0.5, 0.6) is 0 Å². The van der Waals surface area contributed by atoms with Gasteiger partial charge in [0.1, 0.15) is 5.60 Å². The summed E-state index contributed by atoms with van der Waals surface area (Å²) in [5, 5.41) is 11.3. The minimum absolute atomic E-state index is 0.0640. The minimum Gasteiger partial charge on any atom is -0.394 e. The van der Waals surface area contributed by atoms with Gasteiger partial charge in [0.15, 0.2) is 0 Å². The average molecular weight is 175 g/mol. The first-order valence-corrected chi connectivity index (χ1v) is 3.91. The minimum atomic E-state index is -0.830. The van der Waals surface area contributed by atoms with E-state index in [1.807, 2.05) is 0 Å². The van der Waals surface area contributed by atoms with Crippen LogP contribution in [0.4, 0.5) is 0 Å². The molecule has 0 bridgehead atoms. The van der Waals surface area contributed by atoms with Crippen molar-refractivity contribution in [3.63, 3.8) is 0 Å². The number of ether oxygens (including phenoxy) is 1. The first-order valence-electron chi connectivity index (χ1n) is 3.91. The third kappa shape index (κ3) is 3.19. The summed E-state index contributed by atoms with van der Waals surface area (Å²) in [4.78, 5) is 11.3. The van der Waals surface area contributed by atoms with Crippen LogP contribution in [0, 0.1) is 0 Å². The van der Waals surface area contributed by atoms with Crippen molar-refractivity contribution in [3.05, 3.63) is 0 Å². The lowest BCUT2D eigenvalue weighted by molar-refractivity contribution is -0.140. The molecular formula is C8H17NO3. The molecule has 1 amide bonds. The van der Waals surface area contributed by atoms with Gasteiger partial charge in [0.05, 0.1) is 6.61 Å². The Bertz CT molecular complexity index is 156. The van der Waals surface area contributed by atoms with Crippen LogP contribution in [0.25, 0.3) is 0 Å². The van der Waals surface area contributed by atoms with E-state index < -0.39 is 5.60 Å². The average Bonchev–Trinajstić information content (AvgIpc) is 2.04. The predicted octanol–water partition coefficient (Wildman–Crippen LogP) is -0.0916. The number of nitrogens with one attached hydrogen (secondary N) is 1. The van der Waals surface area contributed by atoms with Gasteiger partial charge in [0, 0.05) is 13.2 Å². The quantitative estimate of drug-likeness (QED) is 0.627. The summed E-state index contributed by atoms with van der Waals surface area (Å²) < 4.78 is 4.95. The molecule has 0 saturated heterocycles. The molecule has 0 saturated carbocycles. The van der Waals surface area contributed by atoms with Crippen molar-refractivity contribution in [3.8, 4) is 0 Å². The second-order valence-electron chi connectivity index (χ2n) is 3.27. The van der Waals surface area contributed by atoms with E-state index in [0.717, 1.165) is 0 Å². The number of rotatable bonds is 4. The maximum absolute atomic E-state index is 11.3. The van der Waals surface area contributed by atoms with Crippen molar-refractivity contribution >= 4 is 5.91 Å². The van der Waals surface area contributed by atoms with Crippen molar-refractivity contribution < 1.29 is 14.6 Å². The first-order chi connectivity index (χ1) is 5.44. The Hall–Kier alpha value is -0.610. The maximum Gasteiger partial charge on any atom is 0.251 e. The van der Waals surface area contributed by atoms with Crippen LogP contribution in [0.2, 0.25) is 0 Å². The number of methoxy groups -OCH3 is 1. The molecule has 0 rings (SSSR count). The fourth-order valence-corrected chi connectivity index (χ4v) is 0.536. The summed E-state index contributed by atoms with van der Waals surface area (Å²) in [6.45, 7) is 5.01. The van der Waals surface area contributed by atoms with Gasteiger partial charge in [-0.15, -0.1) is 0 Å². The van der Waals surface area contributed by atoms with E-state index in [4.69, 9.17) is 9.84 Å². The highest BCUT2D eigenvalue weighted by Crippen LogP contribution is 2.06. The van der Waals surface area contributed by atoms with Crippen LogP contribution in [0.1, 0.15) is 20.8 Å². The van der Waals surface area contributed by atoms with Gasteiger partial charge >= 0.3 is 0 Å². The number of hydrogen-bond acceptors (Lipinski definition) is 3. The molecule has 72 valence electrons. The highest BCUT2D eigenvalue weighted by atomic mass is 16.5. The standard InChI is InChI=1S/C8H17NO3/c1-6(5-10)9-7(11)8(2,3)12-4/h6,10H,5H2,1-4H3,(H,9,11). The number of carbonyl (C=O) groups is 1. The van der Waals surface area contributed by atoms with Gasteiger partial charge in [-0.3, -0.25) is 4.79 Å². The molecule has 0 aliphatic carbocycles. The Morgan fingerprint density at radius 2 is 2.17 bits per heavy atom. The number of hydrogen-bond donors (Lipinski definition) is 2. The zero-order valence-corrected chi connectivity index (χ0v) is 8.05. The Labute approximate surface area is 72.9 Å². The van der Waals surface area contributed by atoms with Gasteiger partial charge in [-0.1, -0.05) is 0 Å². The molecule has 2 N–H and O–H groups in total. The SMILES string of the molecule is COC(C)(C)C(=O)NC(C)CO. The molecule has 0 aromatic rings. The normalized spacial score (nSPS) is 14.1. The summed E-state index contributed by atoms with van der Waals surface area (Å²) in [6.07, 6.45) is 0. The maximum atomic E-state index is 11.3. The monoisotopic (exact) mass is 175 g/mol. The van der Waals surface area contributed by atoms with E-state index in [1.165, 1.54) is 7.11 Å². The Balaban J connectivity index is 4.03. The first kappa shape index (κ1) is 11.4. The zero-order chi connectivity index (χ0) is 9.78. The molecule has 1 atom stereocenters. The molecule has 4 nitrogen and oxygen atoms in total. The Kier molecular flexibility index (Phi) is 4.20. The zero-order valence-electron chi connectivity index (χ0n) is 8.05. The molecule has 0 aliphatic heterocycles. The third-order valence-electron chi connectivity index (χ3n) is 1.71. The van der Waals surface area contributed by atoms with Gasteiger partial charge < -0.3 is 15.2 Å². The van der Waals surface area contributed by atoms with Crippen LogP contribution < -0.4 is 5.32 Å². The molecular weight excluding hydrogens is 158 g/mol. The fraction of sp³-hybridized carbons (Fsp3) is 0.875. The highest BCUT2D eigenvalue weighted by Gasteiger charge is 2.27. The summed E-state index contributed by atoms with van der Waals surface area (Å²) >= 11 is 0. The third-order valence-corrected chi connectivity index (χ3v) is 1.71. The lowest BCUT2D eigenvalue weighted by atomic mass is 10.1. The molecule has 0 aliphatic rings. The molecule has 0 fully saturated rings. The highest BCUT2D eigenvalue weighted by molar-refractivity contribution is 5.84. The summed E-state index contributed by atoms with van der Waals surface area (Å²) in [7, 11) is 1.48. The van der Waals surface area contributed by atoms with Gasteiger partial charge in [-0.25, -0.2) is 0 Å². The summed E-state index contributed by atoms with van der Waals surface area (Å²) in [5.74, 6) is -0.216. The van der Waals surface area contributed by atoms with Crippen molar-refractivity contribution in [2.45, 2.75) is 32.4 Å². The van der Waals surface area contributed by atoms with Crippen LogP contribution >= 0.6 is 0 Å². The van der Waals surface area contributed by atoms with Crippen molar-refractivity contribution in [1.29, 1.82) is 0 Å². The summed E-state index contributed by atoms with van der Waals surface area (Å²) in [6, 6.07) is -0.230. The van der Waals surface area contributed by atoms with Crippen molar-refractivity contribution in [2.24, 2.45) is 0 Å². The van der Waals surface area contributed by atoms with Crippen molar-refractivity contribution in [2.75, 3.05) is 13.7 Å². The second kappa shape index (κ2) is 4.42. The number of carbonyl (C=O) groups excluding carboxylic acids is 1. The second-order valence-corrected chi connectivity index (χ2v) is 3.27. The molecule has 0 heterocycles. The lowest BCUT2D eigenvalue weighted by Gasteiger charge is -2.23. The van der Waals surface area contributed by atoms with E-state index in [2.05, 4.69) is 5.32 Å². The largest absolute Gasteiger partial charge is 0.394 e. The predicted molar refractivity (Wildman–Crippen MR) is 45.8 cm³/mol. The molecule has 0 spiro atoms. The van der Waals surface area contributed by atoms with E-state index in [1.54, 1.807) is 20.8 Å². The molecule has 0 aromatic carbocycles. The van der Waals surface area contributed by atoms with Crippen LogP contribution in [0.15, 0.2) is 0 Å². The lowest BCUT2D eigenvalue weighted by Crippen LogP contribution is -2.47. The Morgan fingerprint density at radius 1 is 1.67 bits per heavy atom. The van der Waals surface area contributed by atoms with Crippen LogP contribution in [-0.2, 0) is 9.53 Å². The molecule has 12 heavy (non-hydrogen) atoms. The molecule has 4 heteroatoms. The van der Waals surface area contributed by atoms with E-state index in [0.29, 0.717) is 0 Å². The van der Waals surface area contributed by atoms with E-state index in [-0.39, 0.29) is 18.6 Å². The Morgan fingerprint density at radius 3 is 2.50 bits per heavy atom. The summed E-state index contributed by atoms with van der Waals surface area (Å²) in [5.41, 5.74) is -0.830. The van der Waals surface area contributed by atoms with Gasteiger partial charge in [-0.05, 0) is 20.8 Å². The number of aliphatic hydroxyl groups excluding tert-OH is 1. The number of amides is 1.